The molecule has 0 saturated heterocycles. The molecule has 26 heavy (non-hydrogen) atoms. The second-order valence-electron chi connectivity index (χ2n) is 6.05. The van der Waals surface area contributed by atoms with Gasteiger partial charge in [-0.05, 0) is 35.4 Å². The molecule has 0 fully saturated rings. The Labute approximate surface area is 156 Å². The van der Waals surface area contributed by atoms with Crippen LogP contribution in [0.1, 0.15) is 23.5 Å². The first-order chi connectivity index (χ1) is 12.6. The molecule has 0 radical (unpaired) electrons. The van der Waals surface area contributed by atoms with Crippen LogP contribution in [0.25, 0.3) is 10.9 Å². The largest absolute Gasteiger partial charge is 0.383 e. The lowest BCUT2D eigenvalue weighted by Gasteiger charge is -2.18. The van der Waals surface area contributed by atoms with Gasteiger partial charge < -0.3 is 15.0 Å². The van der Waals surface area contributed by atoms with Crippen LogP contribution in [-0.4, -0.2) is 31.2 Å². The smallest absolute Gasteiger partial charge is 0.221 e. The van der Waals surface area contributed by atoms with Crippen molar-refractivity contribution in [3.63, 3.8) is 0 Å². The zero-order chi connectivity index (χ0) is 18.5. The molecule has 2 N–H and O–H groups in total. The number of methoxy groups -OCH3 is 1. The SMILES string of the molecule is COCCNC(=O)C[C@@H](c1ccccc1F)c1c[nH]c2ccc(Cl)cc12. The van der Waals surface area contributed by atoms with Crippen molar-refractivity contribution in [1.29, 1.82) is 0 Å². The fraction of sp³-hybridized carbons (Fsp3) is 0.250. The van der Waals surface area contributed by atoms with Gasteiger partial charge in [0, 0.05) is 48.1 Å². The Morgan fingerprint density at radius 1 is 1.27 bits per heavy atom. The summed E-state index contributed by atoms with van der Waals surface area (Å²) in [6.07, 6.45) is 1.95. The quantitative estimate of drug-likeness (QED) is 0.607. The highest BCUT2D eigenvalue weighted by Crippen LogP contribution is 2.35. The molecule has 1 heterocycles. The van der Waals surface area contributed by atoms with E-state index in [0.717, 1.165) is 16.5 Å². The summed E-state index contributed by atoms with van der Waals surface area (Å²) >= 11 is 6.14. The van der Waals surface area contributed by atoms with E-state index in [4.69, 9.17) is 16.3 Å². The van der Waals surface area contributed by atoms with Gasteiger partial charge in [-0.3, -0.25) is 4.79 Å². The van der Waals surface area contributed by atoms with Crippen LogP contribution in [0.5, 0.6) is 0 Å². The number of aromatic amines is 1. The Hall–Kier alpha value is -2.37. The number of hydrogen-bond donors (Lipinski definition) is 2. The monoisotopic (exact) mass is 374 g/mol. The fourth-order valence-corrected chi connectivity index (χ4v) is 3.27. The number of amides is 1. The number of H-pyrrole nitrogens is 1. The van der Waals surface area contributed by atoms with Gasteiger partial charge in [0.25, 0.3) is 0 Å². The number of hydrogen-bond acceptors (Lipinski definition) is 2. The van der Waals surface area contributed by atoms with Gasteiger partial charge in [-0.15, -0.1) is 0 Å². The van der Waals surface area contributed by atoms with E-state index in [9.17, 15) is 9.18 Å². The lowest BCUT2D eigenvalue weighted by Crippen LogP contribution is -2.28. The number of benzene rings is 2. The predicted molar refractivity (Wildman–Crippen MR) is 101 cm³/mol. The Morgan fingerprint density at radius 2 is 2.08 bits per heavy atom. The summed E-state index contributed by atoms with van der Waals surface area (Å²) in [6, 6.07) is 12.0. The second-order valence-corrected chi connectivity index (χ2v) is 6.49. The van der Waals surface area contributed by atoms with Crippen molar-refractivity contribution in [3.8, 4) is 0 Å². The molecule has 0 unspecified atom stereocenters. The van der Waals surface area contributed by atoms with E-state index in [1.807, 2.05) is 18.3 Å². The molecular formula is C20H20ClFN2O2. The molecule has 6 heteroatoms. The second kappa shape index (κ2) is 8.34. The number of fused-ring (bicyclic) bond motifs is 1. The van der Waals surface area contributed by atoms with Crippen molar-refractivity contribution in [3.05, 3.63) is 70.6 Å². The first-order valence-electron chi connectivity index (χ1n) is 8.36. The standard InChI is InChI=1S/C20H20ClFN2O2/c1-26-9-8-23-20(25)11-15(14-4-2-3-5-18(14)22)17-12-24-19-7-6-13(21)10-16(17)19/h2-7,10,12,15,24H,8-9,11H2,1H3,(H,23,25)/t15-/m0/s1. The maximum Gasteiger partial charge on any atom is 0.221 e. The third-order valence-electron chi connectivity index (χ3n) is 4.35. The van der Waals surface area contributed by atoms with E-state index in [0.29, 0.717) is 23.7 Å². The van der Waals surface area contributed by atoms with Crippen LogP contribution >= 0.6 is 11.6 Å². The van der Waals surface area contributed by atoms with Gasteiger partial charge in [0.15, 0.2) is 0 Å². The third-order valence-corrected chi connectivity index (χ3v) is 4.58. The van der Waals surface area contributed by atoms with Gasteiger partial charge in [0.05, 0.1) is 6.61 Å². The normalized spacial score (nSPS) is 12.3. The van der Waals surface area contributed by atoms with E-state index in [-0.39, 0.29) is 18.1 Å². The van der Waals surface area contributed by atoms with Crippen LogP contribution in [0.15, 0.2) is 48.7 Å². The van der Waals surface area contributed by atoms with Gasteiger partial charge in [0.1, 0.15) is 5.82 Å². The van der Waals surface area contributed by atoms with E-state index >= 15 is 0 Å². The van der Waals surface area contributed by atoms with Crippen molar-refractivity contribution in [2.24, 2.45) is 0 Å². The molecule has 3 rings (SSSR count). The molecule has 4 nitrogen and oxygen atoms in total. The van der Waals surface area contributed by atoms with E-state index in [1.54, 1.807) is 31.4 Å². The Morgan fingerprint density at radius 3 is 2.85 bits per heavy atom. The molecule has 3 aromatic rings. The van der Waals surface area contributed by atoms with Gasteiger partial charge in [-0.1, -0.05) is 29.8 Å². The summed E-state index contributed by atoms with van der Waals surface area (Å²) in [5.74, 6) is -0.920. The number of carbonyl (C=O) groups excluding carboxylic acids is 1. The summed E-state index contributed by atoms with van der Waals surface area (Å²) in [5, 5.41) is 4.28. The minimum atomic E-state index is -0.425. The van der Waals surface area contributed by atoms with Crippen LogP contribution in [0.2, 0.25) is 5.02 Å². The summed E-state index contributed by atoms with van der Waals surface area (Å²) in [6.45, 7) is 0.845. The molecule has 0 saturated carbocycles. The van der Waals surface area contributed by atoms with Crippen molar-refractivity contribution in [1.82, 2.24) is 10.3 Å². The maximum atomic E-state index is 14.5. The predicted octanol–water partition coefficient (Wildman–Crippen LogP) is 4.25. The van der Waals surface area contributed by atoms with Gasteiger partial charge in [-0.2, -0.15) is 0 Å². The number of aromatic nitrogens is 1. The molecule has 1 amide bonds. The average Bonchev–Trinajstić information content (AvgIpc) is 3.03. The zero-order valence-electron chi connectivity index (χ0n) is 14.4. The Bertz CT molecular complexity index is 910. The number of carbonyl (C=O) groups is 1. The molecule has 1 aromatic heterocycles. The molecule has 136 valence electrons. The van der Waals surface area contributed by atoms with Crippen molar-refractivity contribution in [2.45, 2.75) is 12.3 Å². The summed E-state index contributed by atoms with van der Waals surface area (Å²) in [4.78, 5) is 15.6. The molecule has 0 aliphatic heterocycles. The molecule has 0 bridgehead atoms. The van der Waals surface area contributed by atoms with E-state index in [2.05, 4.69) is 10.3 Å². The first-order valence-corrected chi connectivity index (χ1v) is 8.74. The van der Waals surface area contributed by atoms with E-state index < -0.39 is 5.92 Å². The van der Waals surface area contributed by atoms with Crippen LogP contribution in [0.4, 0.5) is 4.39 Å². The molecule has 2 aromatic carbocycles. The minimum absolute atomic E-state index is 0.129. The molecule has 0 aliphatic rings. The first kappa shape index (κ1) is 18.4. The van der Waals surface area contributed by atoms with Crippen molar-refractivity contribution in [2.75, 3.05) is 20.3 Å². The van der Waals surface area contributed by atoms with Crippen molar-refractivity contribution < 1.29 is 13.9 Å². The third kappa shape index (κ3) is 4.06. The lowest BCUT2D eigenvalue weighted by atomic mass is 9.87. The van der Waals surface area contributed by atoms with Crippen LogP contribution in [0.3, 0.4) is 0 Å². The molecule has 0 aliphatic carbocycles. The molecule has 0 spiro atoms. The number of halogens is 2. The zero-order valence-corrected chi connectivity index (χ0v) is 15.1. The highest BCUT2D eigenvalue weighted by atomic mass is 35.5. The highest BCUT2D eigenvalue weighted by molar-refractivity contribution is 6.31. The van der Waals surface area contributed by atoms with Gasteiger partial charge >= 0.3 is 0 Å². The van der Waals surface area contributed by atoms with Crippen LogP contribution in [0, 0.1) is 5.82 Å². The van der Waals surface area contributed by atoms with E-state index in [1.165, 1.54) is 6.07 Å². The lowest BCUT2D eigenvalue weighted by molar-refractivity contribution is -0.121. The molecule has 1 atom stereocenters. The Balaban J connectivity index is 1.98. The Kier molecular flexibility index (Phi) is 5.91. The summed E-state index contributed by atoms with van der Waals surface area (Å²) < 4.78 is 19.4. The maximum absolute atomic E-state index is 14.5. The topological polar surface area (TPSA) is 54.1 Å². The van der Waals surface area contributed by atoms with Crippen LogP contribution < -0.4 is 5.32 Å². The minimum Gasteiger partial charge on any atom is -0.383 e. The number of nitrogens with one attached hydrogen (secondary N) is 2. The van der Waals surface area contributed by atoms with Crippen LogP contribution in [-0.2, 0) is 9.53 Å². The fourth-order valence-electron chi connectivity index (χ4n) is 3.10. The summed E-state index contributed by atoms with van der Waals surface area (Å²) in [5.41, 5.74) is 2.22. The molecular weight excluding hydrogens is 355 g/mol. The highest BCUT2D eigenvalue weighted by Gasteiger charge is 2.24. The summed E-state index contributed by atoms with van der Waals surface area (Å²) in [7, 11) is 1.57. The van der Waals surface area contributed by atoms with Gasteiger partial charge in [0.2, 0.25) is 5.91 Å². The average molecular weight is 375 g/mol. The van der Waals surface area contributed by atoms with Gasteiger partial charge in [-0.25, -0.2) is 4.39 Å². The number of rotatable bonds is 7. The number of ether oxygens (including phenoxy) is 1. The van der Waals surface area contributed by atoms with Crippen molar-refractivity contribution >= 4 is 28.4 Å².